The molecule has 0 radical (unpaired) electrons. The highest BCUT2D eigenvalue weighted by molar-refractivity contribution is 5.43. The third kappa shape index (κ3) is 2.99. The molecule has 0 bridgehead atoms. The molecule has 1 atom stereocenters. The van der Waals surface area contributed by atoms with E-state index < -0.39 is 0 Å². The van der Waals surface area contributed by atoms with E-state index in [1.54, 1.807) is 0 Å². The molecule has 0 aromatic heterocycles. The van der Waals surface area contributed by atoms with E-state index in [0.29, 0.717) is 13.2 Å². The van der Waals surface area contributed by atoms with Crippen molar-refractivity contribution in [1.82, 2.24) is 0 Å². The first kappa shape index (κ1) is 12.4. The van der Waals surface area contributed by atoms with Gasteiger partial charge < -0.3 is 15.2 Å². The number of benzene rings is 1. The lowest BCUT2D eigenvalue weighted by atomic mass is 10.1. The van der Waals surface area contributed by atoms with Gasteiger partial charge in [-0.25, -0.2) is 0 Å². The summed E-state index contributed by atoms with van der Waals surface area (Å²) in [5, 5.41) is 0. The highest BCUT2D eigenvalue weighted by Crippen LogP contribution is 2.25. The molecule has 0 aliphatic carbocycles. The Morgan fingerprint density at radius 3 is 2.59 bits per heavy atom. The van der Waals surface area contributed by atoms with E-state index in [9.17, 15) is 0 Å². The Labute approximate surface area is 103 Å². The van der Waals surface area contributed by atoms with Crippen LogP contribution in [0.5, 0.6) is 5.75 Å². The Morgan fingerprint density at radius 1 is 1.35 bits per heavy atom. The summed E-state index contributed by atoms with van der Waals surface area (Å²) in [5.74, 6) is 0.984. The van der Waals surface area contributed by atoms with Gasteiger partial charge in [0.2, 0.25) is 0 Å². The van der Waals surface area contributed by atoms with E-state index in [1.165, 1.54) is 0 Å². The monoisotopic (exact) mass is 235 g/mol. The second-order valence-electron chi connectivity index (χ2n) is 4.71. The quantitative estimate of drug-likeness (QED) is 0.871. The maximum Gasteiger partial charge on any atom is 0.125 e. The lowest BCUT2D eigenvalue weighted by Crippen LogP contribution is -2.17. The van der Waals surface area contributed by atoms with Crippen LogP contribution in [-0.4, -0.2) is 19.3 Å². The second-order valence-corrected chi connectivity index (χ2v) is 4.71. The number of nitrogens with two attached hydrogens (primary N) is 1. The number of hydrogen-bond acceptors (Lipinski definition) is 3. The van der Waals surface area contributed by atoms with Gasteiger partial charge in [0, 0.05) is 13.2 Å². The van der Waals surface area contributed by atoms with Gasteiger partial charge in [-0.3, -0.25) is 0 Å². The Kier molecular flexibility index (Phi) is 4.02. The van der Waals surface area contributed by atoms with Crippen LogP contribution >= 0.6 is 0 Å². The molecule has 1 unspecified atom stereocenters. The summed E-state index contributed by atoms with van der Waals surface area (Å²) in [7, 11) is 0. The average molecular weight is 235 g/mol. The highest BCUT2D eigenvalue weighted by atomic mass is 16.5. The molecule has 1 aliphatic rings. The molecule has 3 nitrogen and oxygen atoms in total. The molecule has 1 heterocycles. The van der Waals surface area contributed by atoms with E-state index in [4.69, 9.17) is 15.2 Å². The predicted molar refractivity (Wildman–Crippen MR) is 68.3 cm³/mol. The van der Waals surface area contributed by atoms with Gasteiger partial charge >= 0.3 is 0 Å². The Balaban J connectivity index is 2.04. The van der Waals surface area contributed by atoms with Crippen LogP contribution in [-0.2, 0) is 11.3 Å². The summed E-state index contributed by atoms with van der Waals surface area (Å²) < 4.78 is 11.4. The van der Waals surface area contributed by atoms with Gasteiger partial charge in [0.15, 0.2) is 0 Å². The number of hydrogen-bond donors (Lipinski definition) is 1. The van der Waals surface area contributed by atoms with Gasteiger partial charge in [0.1, 0.15) is 12.4 Å². The maximum absolute atomic E-state index is 5.89. The SMILES string of the molecule is Cc1cc(CN)cc(C)c1OCC1CCCO1. The molecule has 1 saturated heterocycles. The van der Waals surface area contributed by atoms with E-state index >= 15 is 0 Å². The predicted octanol–water partition coefficient (Wildman–Crippen LogP) is 2.32. The summed E-state index contributed by atoms with van der Waals surface area (Å²) in [5.41, 5.74) is 9.12. The fourth-order valence-corrected chi connectivity index (χ4v) is 2.34. The van der Waals surface area contributed by atoms with Gasteiger partial charge in [-0.1, -0.05) is 12.1 Å². The van der Waals surface area contributed by atoms with E-state index in [2.05, 4.69) is 26.0 Å². The van der Waals surface area contributed by atoms with Gasteiger partial charge in [-0.05, 0) is 43.4 Å². The third-order valence-corrected chi connectivity index (χ3v) is 3.19. The van der Waals surface area contributed by atoms with Crippen molar-refractivity contribution in [3.63, 3.8) is 0 Å². The van der Waals surface area contributed by atoms with E-state index in [1.807, 2.05) is 0 Å². The Hall–Kier alpha value is -1.06. The molecular weight excluding hydrogens is 214 g/mol. The van der Waals surface area contributed by atoms with Crippen molar-refractivity contribution in [3.05, 3.63) is 28.8 Å². The minimum atomic E-state index is 0.267. The normalized spacial score (nSPS) is 19.6. The number of ether oxygens (including phenoxy) is 2. The van der Waals surface area contributed by atoms with Gasteiger partial charge in [-0.15, -0.1) is 0 Å². The summed E-state index contributed by atoms with van der Waals surface area (Å²) in [6, 6.07) is 4.19. The zero-order valence-corrected chi connectivity index (χ0v) is 10.7. The van der Waals surface area contributed by atoms with Crippen molar-refractivity contribution >= 4 is 0 Å². The van der Waals surface area contributed by atoms with Crippen molar-refractivity contribution in [3.8, 4) is 5.75 Å². The summed E-state index contributed by atoms with van der Waals surface area (Å²) >= 11 is 0. The van der Waals surface area contributed by atoms with Crippen LogP contribution in [0.4, 0.5) is 0 Å². The average Bonchev–Trinajstić information content (AvgIpc) is 2.80. The lowest BCUT2D eigenvalue weighted by molar-refractivity contribution is 0.0675. The molecular formula is C14H21NO2. The molecule has 17 heavy (non-hydrogen) atoms. The largest absolute Gasteiger partial charge is 0.490 e. The topological polar surface area (TPSA) is 44.5 Å². The van der Waals surface area contributed by atoms with Crippen LogP contribution in [0.1, 0.15) is 29.5 Å². The molecule has 1 aliphatic heterocycles. The molecule has 1 aromatic rings. The first-order valence-corrected chi connectivity index (χ1v) is 6.25. The molecule has 3 heteroatoms. The summed E-state index contributed by atoms with van der Waals surface area (Å²) in [6.45, 7) is 6.24. The van der Waals surface area contributed by atoms with Crippen LogP contribution in [0, 0.1) is 13.8 Å². The molecule has 2 N–H and O–H groups in total. The summed E-state index contributed by atoms with van der Waals surface area (Å²) in [4.78, 5) is 0. The highest BCUT2D eigenvalue weighted by Gasteiger charge is 2.17. The molecule has 0 saturated carbocycles. The van der Waals surface area contributed by atoms with Gasteiger partial charge in [0.05, 0.1) is 6.10 Å². The molecule has 2 rings (SSSR count). The number of aryl methyl sites for hydroxylation is 2. The molecule has 1 fully saturated rings. The second kappa shape index (κ2) is 5.52. The standard InChI is InChI=1S/C14H21NO2/c1-10-6-12(8-15)7-11(2)14(10)17-9-13-4-3-5-16-13/h6-7,13H,3-5,8-9,15H2,1-2H3. The third-order valence-electron chi connectivity index (χ3n) is 3.19. The first-order valence-electron chi connectivity index (χ1n) is 6.25. The smallest absolute Gasteiger partial charge is 0.125 e. The van der Waals surface area contributed by atoms with Gasteiger partial charge in [-0.2, -0.15) is 0 Å². The first-order chi connectivity index (χ1) is 8.20. The van der Waals surface area contributed by atoms with Crippen LogP contribution in [0.3, 0.4) is 0 Å². The van der Waals surface area contributed by atoms with Crippen LogP contribution in [0.25, 0.3) is 0 Å². The van der Waals surface area contributed by atoms with Crippen molar-refractivity contribution in [1.29, 1.82) is 0 Å². The maximum atomic E-state index is 5.89. The molecule has 1 aromatic carbocycles. The zero-order chi connectivity index (χ0) is 12.3. The van der Waals surface area contributed by atoms with Crippen LogP contribution < -0.4 is 10.5 Å². The number of rotatable bonds is 4. The van der Waals surface area contributed by atoms with Crippen molar-refractivity contribution in [2.24, 2.45) is 5.73 Å². The Morgan fingerprint density at radius 2 is 2.06 bits per heavy atom. The fourth-order valence-electron chi connectivity index (χ4n) is 2.34. The van der Waals surface area contributed by atoms with Crippen molar-refractivity contribution in [2.75, 3.05) is 13.2 Å². The van der Waals surface area contributed by atoms with Gasteiger partial charge in [0.25, 0.3) is 0 Å². The van der Waals surface area contributed by atoms with Crippen LogP contribution in [0.2, 0.25) is 0 Å². The fraction of sp³-hybridized carbons (Fsp3) is 0.571. The van der Waals surface area contributed by atoms with Crippen molar-refractivity contribution in [2.45, 2.75) is 39.3 Å². The van der Waals surface area contributed by atoms with E-state index in [-0.39, 0.29) is 6.10 Å². The molecule has 94 valence electrons. The minimum Gasteiger partial charge on any atom is -0.490 e. The summed E-state index contributed by atoms with van der Waals surface area (Å²) in [6.07, 6.45) is 2.53. The zero-order valence-electron chi connectivity index (χ0n) is 10.7. The van der Waals surface area contributed by atoms with Crippen molar-refractivity contribution < 1.29 is 9.47 Å². The molecule has 0 amide bonds. The lowest BCUT2D eigenvalue weighted by Gasteiger charge is -2.16. The molecule has 0 spiro atoms. The van der Waals surface area contributed by atoms with Crippen LogP contribution in [0.15, 0.2) is 12.1 Å². The minimum absolute atomic E-state index is 0.267. The van der Waals surface area contributed by atoms with E-state index in [0.717, 1.165) is 41.9 Å². The Bertz CT molecular complexity index is 361.